The zero-order chi connectivity index (χ0) is 33.0. The summed E-state index contributed by atoms with van der Waals surface area (Å²) in [6.45, 7) is 0. The number of hydrogen-bond acceptors (Lipinski definition) is 5. The maximum Gasteiger partial charge on any atom is 0.527 e. The predicted molar refractivity (Wildman–Crippen MR) is 62.1 cm³/mol. The van der Waals surface area contributed by atoms with Gasteiger partial charge in [0, 0.05) is 0 Å². The molecule has 0 fully saturated rings. The summed E-state index contributed by atoms with van der Waals surface area (Å²) in [5.41, 5.74) is 0. The molecule has 5 nitrogen and oxygen atoms in total. The van der Waals surface area contributed by atoms with Crippen LogP contribution in [0.1, 0.15) is 0 Å². The summed E-state index contributed by atoms with van der Waals surface area (Å²) < 4.78 is 308. The van der Waals surface area contributed by atoms with E-state index in [-0.39, 0.29) is 0 Å². The first kappa shape index (κ1) is 38.1. The fraction of sp³-hybridized carbons (Fsp3) is 1.00. The van der Waals surface area contributed by atoms with Crippen molar-refractivity contribution >= 4 is 0 Å². The highest BCUT2D eigenvalue weighted by atomic mass is 19.4. The van der Waals surface area contributed by atoms with Crippen molar-refractivity contribution in [3.63, 3.8) is 0 Å². The quantitative estimate of drug-likeness (QED) is 0.191. The number of alkyl halides is 24. The zero-order valence-electron chi connectivity index (χ0n) is 16.6. The third kappa shape index (κ3) is 8.33. The summed E-state index contributed by atoms with van der Waals surface area (Å²) in [4.78, 5) is 0. The van der Waals surface area contributed by atoms with Crippen molar-refractivity contribution in [1.82, 2.24) is 0 Å². The molecule has 0 saturated heterocycles. The van der Waals surface area contributed by atoms with Crippen molar-refractivity contribution in [2.24, 2.45) is 0 Å². The van der Waals surface area contributed by atoms with Crippen LogP contribution in [-0.2, 0) is 23.7 Å². The standard InChI is InChI=1S/C11F24O5/c12-1(13,14)2(15,16)36-3(17,18)4(19,20)37-5(21,22)6(23,24)38-7(25,26)8(27,28)39-9(29,30)10(31,32)40-11(33,34)35. The van der Waals surface area contributed by atoms with Gasteiger partial charge >= 0.3 is 67.5 Å². The van der Waals surface area contributed by atoms with Crippen molar-refractivity contribution in [2.75, 3.05) is 0 Å². The van der Waals surface area contributed by atoms with Crippen molar-refractivity contribution < 1.29 is 129 Å². The van der Waals surface area contributed by atoms with E-state index in [9.17, 15) is 105 Å². The minimum Gasteiger partial charge on any atom is -0.241 e. The lowest BCUT2D eigenvalue weighted by atomic mass is 10.4. The smallest absolute Gasteiger partial charge is 0.241 e. The highest BCUT2D eigenvalue weighted by Crippen LogP contribution is 2.53. The van der Waals surface area contributed by atoms with Gasteiger partial charge in [-0.25, -0.2) is 23.7 Å². The molecular weight excluding hydrogens is 668 g/mol. The second kappa shape index (κ2) is 10.1. The number of halogens is 24. The Bertz CT molecular complexity index is 871. The third-order valence-electron chi connectivity index (χ3n) is 2.95. The molecule has 242 valence electrons. The van der Waals surface area contributed by atoms with Crippen LogP contribution in [0.25, 0.3) is 0 Å². The topological polar surface area (TPSA) is 46.2 Å². The van der Waals surface area contributed by atoms with Gasteiger partial charge in [0.05, 0.1) is 0 Å². The average Bonchev–Trinajstić information content (AvgIpc) is 2.53. The van der Waals surface area contributed by atoms with Gasteiger partial charge in [-0.05, 0) is 0 Å². The van der Waals surface area contributed by atoms with Crippen molar-refractivity contribution in [3.8, 4) is 0 Å². The van der Waals surface area contributed by atoms with Crippen LogP contribution < -0.4 is 0 Å². The molecule has 0 spiro atoms. The molecule has 40 heavy (non-hydrogen) atoms. The molecule has 0 rings (SSSR count). The monoisotopic (exact) mass is 668 g/mol. The van der Waals surface area contributed by atoms with Crippen LogP contribution in [0, 0.1) is 0 Å². The molecule has 0 atom stereocenters. The Morgan fingerprint density at radius 2 is 0.350 bits per heavy atom. The molecule has 0 aliphatic heterocycles. The molecule has 0 bridgehead atoms. The Morgan fingerprint density at radius 3 is 0.500 bits per heavy atom. The zero-order valence-corrected chi connectivity index (χ0v) is 16.6. The molecule has 0 amide bonds. The van der Waals surface area contributed by atoms with Gasteiger partial charge in [-0.2, -0.15) is 92.2 Å². The molecule has 0 N–H and O–H groups in total. The average molecular weight is 668 g/mol. The molecule has 0 unspecified atom stereocenters. The van der Waals surface area contributed by atoms with Crippen molar-refractivity contribution in [2.45, 2.75) is 67.5 Å². The van der Waals surface area contributed by atoms with Gasteiger partial charge in [0.25, 0.3) is 0 Å². The molecule has 0 aromatic rings. The Balaban J connectivity index is 6.11. The van der Waals surface area contributed by atoms with E-state index in [2.05, 4.69) is 0 Å². The first-order valence-electron chi connectivity index (χ1n) is 7.83. The molecule has 0 aliphatic carbocycles. The first-order valence-corrected chi connectivity index (χ1v) is 7.83. The lowest BCUT2D eigenvalue weighted by Crippen LogP contribution is -2.61. The SMILES string of the molecule is FC(F)(F)OC(F)(F)C(F)(F)OC(F)(F)C(F)(F)OC(F)(F)C(F)(F)OC(F)(F)C(F)(F)OC(F)(F)C(F)(F)F. The van der Waals surface area contributed by atoms with E-state index in [0.717, 1.165) is 9.47 Å². The minimum absolute atomic E-state index is 1.12. The highest BCUT2D eigenvalue weighted by molar-refractivity contribution is 4.81. The van der Waals surface area contributed by atoms with E-state index >= 15 is 0 Å². The highest BCUT2D eigenvalue weighted by Gasteiger charge is 2.79. The summed E-state index contributed by atoms with van der Waals surface area (Å²) in [7, 11) is 0. The van der Waals surface area contributed by atoms with Gasteiger partial charge in [-0.1, -0.05) is 0 Å². The van der Waals surface area contributed by atoms with Crippen LogP contribution >= 0.6 is 0 Å². The minimum atomic E-state index is -8.07. The van der Waals surface area contributed by atoms with E-state index in [1.807, 2.05) is 0 Å². The molecular formula is C11F24O5. The Kier molecular flexibility index (Phi) is 9.66. The van der Waals surface area contributed by atoms with Gasteiger partial charge in [-0.3, -0.25) is 0 Å². The lowest BCUT2D eigenvalue weighted by Gasteiger charge is -2.36. The van der Waals surface area contributed by atoms with Gasteiger partial charge in [0.1, 0.15) is 0 Å². The molecule has 0 saturated carbocycles. The molecule has 0 heterocycles. The molecule has 0 aromatic heterocycles. The lowest BCUT2D eigenvalue weighted by molar-refractivity contribution is -0.592. The van der Waals surface area contributed by atoms with Gasteiger partial charge in [0.15, 0.2) is 0 Å². The van der Waals surface area contributed by atoms with E-state index in [0.29, 0.717) is 0 Å². The summed E-state index contributed by atoms with van der Waals surface area (Å²) in [5.74, 6) is 0. The summed E-state index contributed by atoms with van der Waals surface area (Å²) in [6.07, 6.45) is -84.7. The largest absolute Gasteiger partial charge is 0.527 e. The van der Waals surface area contributed by atoms with Crippen molar-refractivity contribution in [3.05, 3.63) is 0 Å². The van der Waals surface area contributed by atoms with Gasteiger partial charge in [-0.15, -0.1) is 13.2 Å². The molecule has 0 radical (unpaired) electrons. The van der Waals surface area contributed by atoms with Crippen LogP contribution in [0.4, 0.5) is 105 Å². The number of ether oxygens (including phenoxy) is 5. The van der Waals surface area contributed by atoms with E-state index in [1.54, 1.807) is 0 Å². The van der Waals surface area contributed by atoms with Crippen LogP contribution in [0.5, 0.6) is 0 Å². The molecule has 0 aromatic carbocycles. The summed E-state index contributed by atoms with van der Waals surface area (Å²) in [6, 6.07) is 0. The second-order valence-corrected chi connectivity index (χ2v) is 6.10. The second-order valence-electron chi connectivity index (χ2n) is 6.10. The third-order valence-corrected chi connectivity index (χ3v) is 2.95. The van der Waals surface area contributed by atoms with E-state index < -0.39 is 67.5 Å². The summed E-state index contributed by atoms with van der Waals surface area (Å²) >= 11 is 0. The van der Waals surface area contributed by atoms with Crippen LogP contribution in [0.2, 0.25) is 0 Å². The van der Waals surface area contributed by atoms with Crippen LogP contribution in [0.3, 0.4) is 0 Å². The maximum atomic E-state index is 13.1. The first-order chi connectivity index (χ1) is 16.8. The molecule has 0 aliphatic rings. The van der Waals surface area contributed by atoms with Gasteiger partial charge in [0.2, 0.25) is 0 Å². The van der Waals surface area contributed by atoms with Crippen LogP contribution in [0.15, 0.2) is 0 Å². The van der Waals surface area contributed by atoms with Gasteiger partial charge < -0.3 is 0 Å². The molecule has 29 heteroatoms. The fourth-order valence-corrected chi connectivity index (χ4v) is 1.32. The Labute approximate surface area is 198 Å². The number of hydrogen-bond donors (Lipinski definition) is 0. The van der Waals surface area contributed by atoms with E-state index in [4.69, 9.17) is 0 Å². The maximum absolute atomic E-state index is 13.1. The predicted octanol–water partition coefficient (Wildman–Crippen LogP) is 7.49. The van der Waals surface area contributed by atoms with E-state index in [1.165, 1.54) is 14.2 Å². The summed E-state index contributed by atoms with van der Waals surface area (Å²) in [5, 5.41) is 0. The fourth-order valence-electron chi connectivity index (χ4n) is 1.32. The van der Waals surface area contributed by atoms with Crippen molar-refractivity contribution in [1.29, 1.82) is 0 Å². The van der Waals surface area contributed by atoms with Crippen LogP contribution in [-0.4, -0.2) is 67.5 Å². The number of rotatable bonds is 13. The Morgan fingerprint density at radius 1 is 0.200 bits per heavy atom. The normalized spacial score (nSPS) is 16.5. The Hall–Kier alpha value is -1.88.